The van der Waals surface area contributed by atoms with Crippen LogP contribution in [0, 0.1) is 6.92 Å². The number of aryl methyl sites for hydroxylation is 1. The molecule has 6 heteroatoms. The Labute approximate surface area is 233 Å². The zero-order valence-corrected chi connectivity index (χ0v) is 23.1. The average Bonchev–Trinajstić information content (AvgIpc) is 2.94. The Morgan fingerprint density at radius 1 is 0.974 bits per heavy atom. The van der Waals surface area contributed by atoms with E-state index in [1.54, 1.807) is 0 Å². The van der Waals surface area contributed by atoms with Gasteiger partial charge in [0.25, 0.3) is 5.56 Å². The highest BCUT2D eigenvalue weighted by molar-refractivity contribution is 7.99. The van der Waals surface area contributed by atoms with Crippen molar-refractivity contribution in [3.8, 4) is 11.3 Å². The number of aromatic nitrogens is 2. The van der Waals surface area contributed by atoms with Crippen LogP contribution in [0.1, 0.15) is 54.4 Å². The predicted octanol–water partition coefficient (Wildman–Crippen LogP) is 6.76. The normalized spacial score (nSPS) is 15.4. The van der Waals surface area contributed by atoms with Crippen LogP contribution in [0.15, 0.2) is 88.8 Å². The second-order valence-electron chi connectivity index (χ2n) is 10.9. The second-order valence-corrected chi connectivity index (χ2v) is 11.8. The molecule has 6 rings (SSSR count). The molecule has 1 aromatic heterocycles. The lowest BCUT2D eigenvalue weighted by atomic mass is 9.62. The maximum absolute atomic E-state index is 14.5. The molecule has 1 amide bonds. The number of fused-ring (bicyclic) bond motifs is 4. The van der Waals surface area contributed by atoms with Gasteiger partial charge < -0.3 is 5.32 Å². The van der Waals surface area contributed by atoms with Gasteiger partial charge in [-0.25, -0.2) is 4.98 Å². The van der Waals surface area contributed by atoms with E-state index < -0.39 is 0 Å². The molecule has 0 unspecified atom stereocenters. The van der Waals surface area contributed by atoms with Gasteiger partial charge in [0.15, 0.2) is 5.16 Å². The number of carbonyl (C=O) groups excluding carboxylic acids is 1. The van der Waals surface area contributed by atoms with E-state index in [4.69, 9.17) is 4.98 Å². The van der Waals surface area contributed by atoms with Gasteiger partial charge in [0.1, 0.15) is 0 Å². The maximum Gasteiger partial charge on any atom is 0.258 e. The Bertz CT molecular complexity index is 1570. The van der Waals surface area contributed by atoms with E-state index in [1.165, 1.54) is 23.7 Å². The molecule has 4 aromatic rings. The van der Waals surface area contributed by atoms with Gasteiger partial charge in [0.05, 0.1) is 23.6 Å². The number of thioether (sulfide) groups is 1. The number of benzene rings is 3. The van der Waals surface area contributed by atoms with E-state index in [9.17, 15) is 9.59 Å². The van der Waals surface area contributed by atoms with E-state index in [0.717, 1.165) is 65.7 Å². The number of nitrogens with zero attached hydrogens (tertiary/aromatic N) is 2. The van der Waals surface area contributed by atoms with Gasteiger partial charge in [-0.05, 0) is 55.0 Å². The van der Waals surface area contributed by atoms with Crippen molar-refractivity contribution in [2.24, 2.45) is 0 Å². The number of nitrogens with one attached hydrogen (secondary N) is 1. The van der Waals surface area contributed by atoms with Gasteiger partial charge in [-0.3, -0.25) is 14.2 Å². The van der Waals surface area contributed by atoms with Crippen molar-refractivity contribution in [3.63, 3.8) is 0 Å². The van der Waals surface area contributed by atoms with Crippen LogP contribution in [0.5, 0.6) is 0 Å². The first-order valence-electron chi connectivity index (χ1n) is 13.8. The third-order valence-corrected chi connectivity index (χ3v) is 9.07. The number of hydrogen-bond donors (Lipinski definition) is 1. The lowest BCUT2D eigenvalue weighted by Gasteiger charge is -2.42. The quantitative estimate of drug-likeness (QED) is 0.219. The number of rotatable bonds is 6. The van der Waals surface area contributed by atoms with Crippen molar-refractivity contribution in [2.45, 2.75) is 62.6 Å². The molecule has 0 saturated heterocycles. The summed E-state index contributed by atoms with van der Waals surface area (Å²) in [6.07, 6.45) is 6.41. The summed E-state index contributed by atoms with van der Waals surface area (Å²) < 4.78 is 1.81. The van der Waals surface area contributed by atoms with Gasteiger partial charge in [0.2, 0.25) is 5.91 Å². The maximum atomic E-state index is 14.5. The molecular formula is C33H33N3O2S. The molecule has 198 valence electrons. The van der Waals surface area contributed by atoms with E-state index in [0.29, 0.717) is 11.7 Å². The molecule has 2 aliphatic rings. The predicted molar refractivity (Wildman–Crippen MR) is 158 cm³/mol. The summed E-state index contributed by atoms with van der Waals surface area (Å²) in [5.74, 6) is 0.0498. The average molecular weight is 536 g/mol. The second kappa shape index (κ2) is 10.9. The van der Waals surface area contributed by atoms with Crippen LogP contribution < -0.4 is 10.9 Å². The molecule has 0 radical (unpaired) electrons. The molecule has 1 spiro atoms. The summed E-state index contributed by atoms with van der Waals surface area (Å²) in [5, 5.41) is 3.57. The molecular weight excluding hydrogens is 502 g/mol. The van der Waals surface area contributed by atoms with Crippen LogP contribution in [0.2, 0.25) is 0 Å². The van der Waals surface area contributed by atoms with Crippen molar-refractivity contribution in [1.29, 1.82) is 0 Å². The van der Waals surface area contributed by atoms with Crippen LogP contribution in [0.4, 0.5) is 5.69 Å². The summed E-state index contributed by atoms with van der Waals surface area (Å²) in [7, 11) is 0. The zero-order valence-electron chi connectivity index (χ0n) is 22.3. The highest BCUT2D eigenvalue weighted by Crippen LogP contribution is 2.48. The molecule has 0 atom stereocenters. The lowest BCUT2D eigenvalue weighted by molar-refractivity contribution is -0.113. The fourth-order valence-electron chi connectivity index (χ4n) is 6.29. The molecule has 2 aliphatic carbocycles. The topological polar surface area (TPSA) is 64.0 Å². The van der Waals surface area contributed by atoms with Crippen LogP contribution in [0.25, 0.3) is 11.3 Å². The largest absolute Gasteiger partial charge is 0.325 e. The molecule has 3 aromatic carbocycles. The van der Waals surface area contributed by atoms with Gasteiger partial charge >= 0.3 is 0 Å². The molecule has 5 nitrogen and oxygen atoms in total. The highest BCUT2D eigenvalue weighted by Gasteiger charge is 2.43. The number of hydrogen-bond acceptors (Lipinski definition) is 4. The monoisotopic (exact) mass is 535 g/mol. The molecule has 0 aliphatic heterocycles. The number of amides is 1. The van der Waals surface area contributed by atoms with Crippen molar-refractivity contribution >= 4 is 23.4 Å². The van der Waals surface area contributed by atoms with Crippen molar-refractivity contribution in [1.82, 2.24) is 9.55 Å². The van der Waals surface area contributed by atoms with Gasteiger partial charge in [-0.2, -0.15) is 0 Å². The van der Waals surface area contributed by atoms with E-state index in [1.807, 2.05) is 72.2 Å². The smallest absolute Gasteiger partial charge is 0.258 e. The molecule has 39 heavy (non-hydrogen) atoms. The summed E-state index contributed by atoms with van der Waals surface area (Å²) in [6.45, 7) is 2.43. The van der Waals surface area contributed by atoms with Crippen LogP contribution in [0.3, 0.4) is 0 Å². The third-order valence-electron chi connectivity index (χ3n) is 8.09. The summed E-state index contributed by atoms with van der Waals surface area (Å²) in [4.78, 5) is 32.6. The van der Waals surface area contributed by atoms with Crippen molar-refractivity contribution in [3.05, 3.63) is 111 Å². The first kappa shape index (κ1) is 25.6. The molecule has 0 bridgehead atoms. The fraction of sp³-hybridized carbons (Fsp3) is 0.303. The van der Waals surface area contributed by atoms with Gasteiger partial charge in [-0.15, -0.1) is 0 Å². The van der Waals surface area contributed by atoms with Crippen LogP contribution >= 0.6 is 11.8 Å². The Hall–Kier alpha value is -3.64. The summed E-state index contributed by atoms with van der Waals surface area (Å²) in [6, 6.07) is 26.2. The summed E-state index contributed by atoms with van der Waals surface area (Å²) in [5.41, 5.74) is 6.79. The minimum Gasteiger partial charge on any atom is -0.325 e. The third kappa shape index (κ3) is 5.18. The Morgan fingerprint density at radius 3 is 2.54 bits per heavy atom. The van der Waals surface area contributed by atoms with E-state index >= 15 is 0 Å². The number of anilines is 1. The Morgan fingerprint density at radius 2 is 1.74 bits per heavy atom. The first-order chi connectivity index (χ1) is 19.0. The zero-order chi connectivity index (χ0) is 26.8. The van der Waals surface area contributed by atoms with Gasteiger partial charge in [-0.1, -0.05) is 97.8 Å². The SMILES string of the molecule is Cc1cccc(NC(=O)CSc2nc3c(c(=O)n2Cc2ccccc2)C2(CCCCC2)Cc2ccccc2-3)c1. The number of carbonyl (C=O) groups is 1. The van der Waals surface area contributed by atoms with Crippen LogP contribution in [-0.2, 0) is 23.2 Å². The molecule has 1 fully saturated rings. The summed E-state index contributed by atoms with van der Waals surface area (Å²) >= 11 is 1.33. The lowest BCUT2D eigenvalue weighted by Crippen LogP contribution is -2.43. The van der Waals surface area contributed by atoms with Crippen molar-refractivity contribution < 1.29 is 4.79 Å². The van der Waals surface area contributed by atoms with E-state index in [2.05, 4.69) is 23.5 Å². The van der Waals surface area contributed by atoms with Gasteiger partial charge in [0, 0.05) is 16.7 Å². The minimum atomic E-state index is -0.170. The van der Waals surface area contributed by atoms with E-state index in [-0.39, 0.29) is 22.6 Å². The minimum absolute atomic E-state index is 0.0434. The fourth-order valence-corrected chi connectivity index (χ4v) is 7.08. The molecule has 1 N–H and O–H groups in total. The molecule has 1 heterocycles. The Kier molecular flexibility index (Phi) is 7.13. The first-order valence-corrected chi connectivity index (χ1v) is 14.8. The molecule has 1 saturated carbocycles. The highest BCUT2D eigenvalue weighted by atomic mass is 32.2. The Balaban J connectivity index is 1.43. The van der Waals surface area contributed by atoms with Crippen molar-refractivity contribution in [2.75, 3.05) is 11.1 Å². The van der Waals surface area contributed by atoms with Crippen LogP contribution in [-0.4, -0.2) is 21.2 Å². The standard InChI is InChI=1S/C33H33N3O2S/c1-23-11-10-15-26(19-23)34-28(37)22-39-32-35-30-27-16-7-6-14-25(27)20-33(17-8-3-9-18-33)29(30)31(38)36(32)21-24-12-4-2-5-13-24/h2,4-7,10-16,19H,3,8-9,17-18,20-22H2,1H3,(H,34,37).